The van der Waals surface area contributed by atoms with Gasteiger partial charge in [-0.2, -0.15) is 6.42 Å². The Morgan fingerprint density at radius 2 is 1.80 bits per heavy atom. The minimum atomic E-state index is 0.989. The molecule has 10 heavy (non-hydrogen) atoms. The van der Waals surface area contributed by atoms with Crippen LogP contribution in [0.3, 0.4) is 0 Å². The van der Waals surface area contributed by atoms with E-state index < -0.39 is 0 Å². The molecule has 0 aliphatic carbocycles. The molecule has 0 unspecified atom stereocenters. The summed E-state index contributed by atoms with van der Waals surface area (Å²) in [6, 6.07) is 8.62. The molecular weight excluding hydrogens is 120 g/mol. The quantitative estimate of drug-likeness (QED) is 0.544. The second-order valence-electron chi connectivity index (χ2n) is 2.59. The molecule has 0 saturated carbocycles. The maximum absolute atomic E-state index is 3.80. The van der Waals surface area contributed by atoms with Gasteiger partial charge in [0.25, 0.3) is 0 Å². The Balaban J connectivity index is 2.69. The van der Waals surface area contributed by atoms with E-state index in [0.29, 0.717) is 0 Å². The van der Waals surface area contributed by atoms with Crippen LogP contribution in [0.4, 0.5) is 0 Å². The monoisotopic (exact) mass is 133 g/mol. The first kappa shape index (κ1) is 7.33. The predicted molar refractivity (Wildman–Crippen MR) is 44.9 cm³/mol. The Hall–Kier alpha value is -0.780. The van der Waals surface area contributed by atoms with Crippen molar-refractivity contribution in [2.45, 2.75) is 19.8 Å². The predicted octanol–water partition coefficient (Wildman–Crippen LogP) is 2.76. The standard InChI is InChI=1S/C10H13/c1-3-4-10-7-5-9(2)6-8-10/h5-8H,1,3-4H2,2H3/q-1. The summed E-state index contributed by atoms with van der Waals surface area (Å²) in [7, 11) is 0. The molecule has 0 aliphatic rings. The third-order valence-corrected chi connectivity index (χ3v) is 1.59. The number of aryl methyl sites for hydroxylation is 2. The van der Waals surface area contributed by atoms with Crippen molar-refractivity contribution in [3.8, 4) is 0 Å². The van der Waals surface area contributed by atoms with Crippen molar-refractivity contribution in [2.24, 2.45) is 0 Å². The largest absolute Gasteiger partial charge is 0.343 e. The molecule has 0 heteroatoms. The second kappa shape index (κ2) is 3.40. The van der Waals surface area contributed by atoms with Gasteiger partial charge in [0, 0.05) is 0 Å². The average Bonchev–Trinajstić information content (AvgIpc) is 1.95. The molecule has 0 nitrogen and oxygen atoms in total. The first-order valence-electron chi connectivity index (χ1n) is 3.67. The van der Waals surface area contributed by atoms with Gasteiger partial charge >= 0.3 is 0 Å². The molecule has 1 aromatic carbocycles. The summed E-state index contributed by atoms with van der Waals surface area (Å²) in [5.41, 5.74) is 2.72. The molecule has 0 fully saturated rings. The molecule has 0 aliphatic heterocycles. The summed E-state index contributed by atoms with van der Waals surface area (Å²) < 4.78 is 0. The zero-order valence-electron chi connectivity index (χ0n) is 6.43. The molecule has 1 aromatic rings. The molecule has 1 rings (SSSR count). The Kier molecular flexibility index (Phi) is 2.49. The Morgan fingerprint density at radius 1 is 1.20 bits per heavy atom. The highest BCUT2D eigenvalue weighted by atomic mass is 13.9. The molecule has 0 N–H and O–H groups in total. The highest BCUT2D eigenvalue weighted by molar-refractivity contribution is 5.21. The lowest BCUT2D eigenvalue weighted by Crippen LogP contribution is -1.81. The minimum absolute atomic E-state index is 0.989. The van der Waals surface area contributed by atoms with Crippen molar-refractivity contribution in [1.29, 1.82) is 0 Å². The first-order valence-corrected chi connectivity index (χ1v) is 3.67. The van der Waals surface area contributed by atoms with Gasteiger partial charge in [0.1, 0.15) is 0 Å². The van der Waals surface area contributed by atoms with Crippen LogP contribution >= 0.6 is 0 Å². The maximum Gasteiger partial charge on any atom is -0.0398 e. The van der Waals surface area contributed by atoms with Crippen molar-refractivity contribution in [3.05, 3.63) is 42.3 Å². The third-order valence-electron chi connectivity index (χ3n) is 1.59. The Morgan fingerprint density at radius 3 is 2.30 bits per heavy atom. The van der Waals surface area contributed by atoms with E-state index in [2.05, 4.69) is 38.1 Å². The fraction of sp³-hybridized carbons (Fsp3) is 0.300. The van der Waals surface area contributed by atoms with E-state index in [1.54, 1.807) is 0 Å². The molecular formula is C10H13-. The highest BCUT2D eigenvalue weighted by Gasteiger charge is 1.86. The van der Waals surface area contributed by atoms with Gasteiger partial charge in [0.15, 0.2) is 0 Å². The van der Waals surface area contributed by atoms with Crippen molar-refractivity contribution < 1.29 is 0 Å². The molecule has 0 heterocycles. The van der Waals surface area contributed by atoms with Gasteiger partial charge in [0.05, 0.1) is 0 Å². The van der Waals surface area contributed by atoms with Gasteiger partial charge in [0.2, 0.25) is 0 Å². The number of rotatable bonds is 2. The molecule has 0 radical (unpaired) electrons. The number of benzene rings is 1. The van der Waals surface area contributed by atoms with E-state index in [0.717, 1.165) is 12.8 Å². The number of hydrogen-bond acceptors (Lipinski definition) is 0. The van der Waals surface area contributed by atoms with Crippen LogP contribution in [0.15, 0.2) is 24.3 Å². The summed E-state index contributed by atoms with van der Waals surface area (Å²) in [6.07, 6.45) is 2.09. The van der Waals surface area contributed by atoms with Crippen molar-refractivity contribution in [1.82, 2.24) is 0 Å². The minimum Gasteiger partial charge on any atom is -0.343 e. The molecule has 54 valence electrons. The molecule has 0 aromatic heterocycles. The van der Waals surface area contributed by atoms with Gasteiger partial charge in [-0.25, -0.2) is 0 Å². The summed E-state index contributed by atoms with van der Waals surface area (Å²) in [5, 5.41) is 0. The van der Waals surface area contributed by atoms with Crippen LogP contribution in [-0.4, -0.2) is 0 Å². The van der Waals surface area contributed by atoms with Crippen LogP contribution in [0.1, 0.15) is 17.5 Å². The topological polar surface area (TPSA) is 0 Å². The van der Waals surface area contributed by atoms with Crippen LogP contribution in [0.5, 0.6) is 0 Å². The second-order valence-corrected chi connectivity index (χ2v) is 2.59. The lowest BCUT2D eigenvalue weighted by molar-refractivity contribution is 0.998. The summed E-state index contributed by atoms with van der Waals surface area (Å²) in [4.78, 5) is 0. The van der Waals surface area contributed by atoms with Crippen molar-refractivity contribution in [3.63, 3.8) is 0 Å². The Labute approximate surface area is 62.9 Å². The molecule has 0 atom stereocenters. The van der Waals surface area contributed by atoms with Crippen LogP contribution in [-0.2, 0) is 6.42 Å². The van der Waals surface area contributed by atoms with Crippen LogP contribution < -0.4 is 0 Å². The lowest BCUT2D eigenvalue weighted by atomic mass is 10.1. The first-order chi connectivity index (χ1) is 4.83. The molecule has 0 bridgehead atoms. The number of hydrogen-bond donors (Lipinski definition) is 0. The van der Waals surface area contributed by atoms with Gasteiger partial charge in [-0.1, -0.05) is 41.8 Å². The average molecular weight is 133 g/mol. The van der Waals surface area contributed by atoms with Gasteiger partial charge in [-0.15, -0.1) is 0 Å². The zero-order valence-corrected chi connectivity index (χ0v) is 6.43. The molecule has 0 spiro atoms. The van der Waals surface area contributed by atoms with Crippen LogP contribution in [0, 0.1) is 13.8 Å². The highest BCUT2D eigenvalue weighted by Crippen LogP contribution is 2.04. The van der Waals surface area contributed by atoms with Gasteiger partial charge < -0.3 is 6.92 Å². The summed E-state index contributed by atoms with van der Waals surface area (Å²) in [6.45, 7) is 5.91. The van der Waals surface area contributed by atoms with Gasteiger partial charge in [-0.3, -0.25) is 0 Å². The van der Waals surface area contributed by atoms with Crippen molar-refractivity contribution >= 4 is 0 Å². The smallest absolute Gasteiger partial charge is 0.0398 e. The lowest BCUT2D eigenvalue weighted by Gasteiger charge is -1.99. The summed E-state index contributed by atoms with van der Waals surface area (Å²) in [5.74, 6) is 0. The fourth-order valence-corrected chi connectivity index (χ4v) is 0.959. The normalized spacial score (nSPS) is 9.80. The van der Waals surface area contributed by atoms with Crippen LogP contribution in [0.25, 0.3) is 0 Å². The molecule has 0 amide bonds. The third kappa shape index (κ3) is 1.87. The SMILES string of the molecule is [CH2-]CCc1ccc(C)cc1. The Bertz CT molecular complexity index is 184. The van der Waals surface area contributed by atoms with E-state index in [9.17, 15) is 0 Å². The van der Waals surface area contributed by atoms with Crippen LogP contribution in [0.2, 0.25) is 0 Å². The van der Waals surface area contributed by atoms with Crippen molar-refractivity contribution in [2.75, 3.05) is 0 Å². The van der Waals surface area contributed by atoms with Gasteiger partial charge in [-0.05, 0) is 6.92 Å². The van der Waals surface area contributed by atoms with E-state index in [4.69, 9.17) is 0 Å². The van der Waals surface area contributed by atoms with E-state index in [1.165, 1.54) is 11.1 Å². The molecule has 0 saturated heterocycles. The van der Waals surface area contributed by atoms with E-state index >= 15 is 0 Å². The zero-order chi connectivity index (χ0) is 7.40. The summed E-state index contributed by atoms with van der Waals surface area (Å²) >= 11 is 0. The maximum atomic E-state index is 3.80. The van der Waals surface area contributed by atoms with E-state index in [1.807, 2.05) is 0 Å². The van der Waals surface area contributed by atoms with E-state index in [-0.39, 0.29) is 0 Å². The fourth-order valence-electron chi connectivity index (χ4n) is 0.959.